The smallest absolute Gasteiger partial charge is 0.315 e. The molecule has 1 heterocycles. The SMILES string of the molecule is CS(=O)(=O)Nc1ccc(Oc2ccc(CN3CCC(NC(=O)N[C@H]4CCCC[C@@H]4O)CC3)cc2)cc1. The Hall–Kier alpha value is -2.82. The van der Waals surface area contributed by atoms with Gasteiger partial charge < -0.3 is 20.5 Å². The van der Waals surface area contributed by atoms with Gasteiger partial charge in [-0.05, 0) is 67.6 Å². The summed E-state index contributed by atoms with van der Waals surface area (Å²) in [6.45, 7) is 2.64. The largest absolute Gasteiger partial charge is 0.457 e. The maximum absolute atomic E-state index is 12.3. The molecule has 2 fully saturated rings. The van der Waals surface area contributed by atoms with Gasteiger partial charge in [-0.1, -0.05) is 25.0 Å². The van der Waals surface area contributed by atoms with Crippen molar-refractivity contribution in [3.05, 3.63) is 54.1 Å². The number of rotatable bonds is 8. The van der Waals surface area contributed by atoms with Gasteiger partial charge in [0, 0.05) is 31.4 Å². The molecule has 1 aliphatic heterocycles. The number of ether oxygens (including phenoxy) is 1. The van der Waals surface area contributed by atoms with Crippen molar-refractivity contribution < 1.29 is 23.1 Å². The number of urea groups is 1. The van der Waals surface area contributed by atoms with Crippen LogP contribution in [0, 0.1) is 0 Å². The van der Waals surface area contributed by atoms with Crippen molar-refractivity contribution in [1.82, 2.24) is 15.5 Å². The molecule has 2 aliphatic rings. The Bertz CT molecular complexity index is 1100. The molecule has 4 N–H and O–H groups in total. The minimum atomic E-state index is -3.31. The van der Waals surface area contributed by atoms with E-state index in [2.05, 4.69) is 20.3 Å². The lowest BCUT2D eigenvalue weighted by Crippen LogP contribution is -2.53. The first-order valence-corrected chi connectivity index (χ1v) is 14.4. The van der Waals surface area contributed by atoms with Crippen LogP contribution in [-0.4, -0.2) is 62.0 Å². The number of hydrogen-bond acceptors (Lipinski definition) is 6. The number of likely N-dealkylation sites (tertiary alicyclic amines) is 1. The van der Waals surface area contributed by atoms with E-state index in [0.717, 1.165) is 64.4 Å². The van der Waals surface area contributed by atoms with E-state index >= 15 is 0 Å². The molecule has 2 aromatic carbocycles. The summed E-state index contributed by atoms with van der Waals surface area (Å²) in [7, 11) is -3.31. The predicted octanol–water partition coefficient (Wildman–Crippen LogP) is 3.42. The molecule has 0 radical (unpaired) electrons. The summed E-state index contributed by atoms with van der Waals surface area (Å²) in [6, 6.07) is 14.5. The molecule has 0 spiro atoms. The standard InChI is InChI=1S/C26H36N4O5S/c1-36(33,34)29-21-8-12-23(13-9-21)35-22-10-6-19(7-11-22)18-30-16-14-20(15-17-30)27-26(32)28-24-4-2-3-5-25(24)31/h6-13,20,24-25,29,31H,2-5,14-18H2,1H3,(H2,27,28,32)/t24-,25-/m0/s1. The summed E-state index contributed by atoms with van der Waals surface area (Å²) in [5.74, 6) is 1.33. The normalized spacial score (nSPS) is 21.5. The third-order valence-electron chi connectivity index (χ3n) is 6.69. The van der Waals surface area contributed by atoms with Gasteiger partial charge in [-0.3, -0.25) is 9.62 Å². The monoisotopic (exact) mass is 516 g/mol. The first-order valence-electron chi connectivity index (χ1n) is 12.6. The number of benzene rings is 2. The van der Waals surface area contributed by atoms with Crippen LogP contribution < -0.4 is 20.1 Å². The van der Waals surface area contributed by atoms with Gasteiger partial charge in [0.2, 0.25) is 10.0 Å². The summed E-state index contributed by atoms with van der Waals surface area (Å²) >= 11 is 0. The Morgan fingerprint density at radius 3 is 2.17 bits per heavy atom. The lowest BCUT2D eigenvalue weighted by atomic mass is 9.93. The van der Waals surface area contributed by atoms with Crippen molar-refractivity contribution in [2.75, 3.05) is 24.1 Å². The molecule has 0 bridgehead atoms. The van der Waals surface area contributed by atoms with Gasteiger partial charge in [0.15, 0.2) is 0 Å². The van der Waals surface area contributed by atoms with Crippen molar-refractivity contribution in [2.45, 2.75) is 63.3 Å². The number of sulfonamides is 1. The van der Waals surface area contributed by atoms with Crippen LogP contribution in [0.25, 0.3) is 0 Å². The zero-order valence-electron chi connectivity index (χ0n) is 20.7. The molecule has 10 heteroatoms. The van der Waals surface area contributed by atoms with E-state index in [1.54, 1.807) is 24.3 Å². The van der Waals surface area contributed by atoms with Gasteiger partial charge in [0.1, 0.15) is 11.5 Å². The number of nitrogens with one attached hydrogen (secondary N) is 3. The van der Waals surface area contributed by atoms with E-state index in [1.807, 2.05) is 24.3 Å². The number of hydrogen-bond donors (Lipinski definition) is 4. The van der Waals surface area contributed by atoms with E-state index in [-0.39, 0.29) is 18.1 Å². The van der Waals surface area contributed by atoms with Crippen LogP contribution in [-0.2, 0) is 16.6 Å². The number of carbonyl (C=O) groups is 1. The second-order valence-electron chi connectivity index (χ2n) is 9.77. The first kappa shape index (κ1) is 26.2. The lowest BCUT2D eigenvalue weighted by molar-refractivity contribution is 0.0934. The first-order chi connectivity index (χ1) is 17.2. The second-order valence-corrected chi connectivity index (χ2v) is 11.5. The zero-order chi connectivity index (χ0) is 25.5. The van der Waals surface area contributed by atoms with Crippen LogP contribution in [0.15, 0.2) is 48.5 Å². The predicted molar refractivity (Wildman–Crippen MR) is 140 cm³/mol. The Morgan fingerprint density at radius 1 is 0.944 bits per heavy atom. The van der Waals surface area contributed by atoms with E-state index in [1.165, 1.54) is 5.56 Å². The molecular weight excluding hydrogens is 480 g/mol. The van der Waals surface area contributed by atoms with Crippen molar-refractivity contribution in [2.24, 2.45) is 0 Å². The van der Waals surface area contributed by atoms with Crippen molar-refractivity contribution in [3.63, 3.8) is 0 Å². The number of nitrogens with zero attached hydrogens (tertiary/aromatic N) is 1. The summed E-state index contributed by atoms with van der Waals surface area (Å²) < 4.78 is 30.9. The highest BCUT2D eigenvalue weighted by Crippen LogP contribution is 2.24. The molecule has 1 aliphatic carbocycles. The molecule has 2 amide bonds. The number of aliphatic hydroxyl groups is 1. The fourth-order valence-corrected chi connectivity index (χ4v) is 5.34. The maximum atomic E-state index is 12.3. The van der Waals surface area contributed by atoms with Gasteiger partial charge in [-0.2, -0.15) is 0 Å². The van der Waals surface area contributed by atoms with Gasteiger partial charge >= 0.3 is 6.03 Å². The molecule has 1 saturated carbocycles. The Balaban J connectivity index is 1.18. The van der Waals surface area contributed by atoms with Crippen LogP contribution in [0.2, 0.25) is 0 Å². The summed E-state index contributed by atoms with van der Waals surface area (Å²) in [5.41, 5.74) is 1.67. The fourth-order valence-electron chi connectivity index (χ4n) is 4.77. The molecule has 1 saturated heterocycles. The molecule has 9 nitrogen and oxygen atoms in total. The number of piperidine rings is 1. The Morgan fingerprint density at radius 2 is 1.56 bits per heavy atom. The molecule has 196 valence electrons. The highest BCUT2D eigenvalue weighted by atomic mass is 32.2. The molecule has 0 unspecified atom stereocenters. The second kappa shape index (κ2) is 11.9. The van der Waals surface area contributed by atoms with Gasteiger partial charge in [0.05, 0.1) is 18.4 Å². The highest BCUT2D eigenvalue weighted by Gasteiger charge is 2.26. The maximum Gasteiger partial charge on any atom is 0.315 e. The molecule has 4 rings (SSSR count). The average Bonchev–Trinajstić information content (AvgIpc) is 2.83. The third-order valence-corrected chi connectivity index (χ3v) is 7.30. The van der Waals surface area contributed by atoms with Gasteiger partial charge in [-0.25, -0.2) is 13.2 Å². The van der Waals surface area contributed by atoms with Gasteiger partial charge in [0.25, 0.3) is 0 Å². The number of anilines is 1. The number of carbonyl (C=O) groups excluding carboxylic acids is 1. The summed E-state index contributed by atoms with van der Waals surface area (Å²) in [4.78, 5) is 14.7. The van der Waals surface area contributed by atoms with Crippen molar-refractivity contribution >= 4 is 21.7 Å². The third kappa shape index (κ3) is 8.11. The Labute approximate surface area is 213 Å². The number of amides is 2. The molecule has 2 aromatic rings. The van der Waals surface area contributed by atoms with Crippen LogP contribution in [0.1, 0.15) is 44.1 Å². The van der Waals surface area contributed by atoms with E-state index < -0.39 is 16.1 Å². The highest BCUT2D eigenvalue weighted by molar-refractivity contribution is 7.92. The van der Waals surface area contributed by atoms with E-state index in [4.69, 9.17) is 4.74 Å². The average molecular weight is 517 g/mol. The van der Waals surface area contributed by atoms with Crippen LogP contribution >= 0.6 is 0 Å². The minimum Gasteiger partial charge on any atom is -0.457 e. The van der Waals surface area contributed by atoms with Crippen molar-refractivity contribution in [1.29, 1.82) is 0 Å². The topological polar surface area (TPSA) is 120 Å². The summed E-state index contributed by atoms with van der Waals surface area (Å²) in [5, 5.41) is 16.1. The van der Waals surface area contributed by atoms with Crippen LogP contribution in [0.3, 0.4) is 0 Å². The quantitative estimate of drug-likeness (QED) is 0.427. The van der Waals surface area contributed by atoms with Crippen LogP contribution in [0.4, 0.5) is 10.5 Å². The minimum absolute atomic E-state index is 0.137. The van der Waals surface area contributed by atoms with Crippen LogP contribution in [0.5, 0.6) is 11.5 Å². The molecule has 36 heavy (non-hydrogen) atoms. The summed E-state index contributed by atoms with van der Waals surface area (Å²) in [6.07, 6.45) is 6.13. The lowest BCUT2D eigenvalue weighted by Gasteiger charge is -2.33. The van der Waals surface area contributed by atoms with E-state index in [0.29, 0.717) is 17.2 Å². The van der Waals surface area contributed by atoms with E-state index in [9.17, 15) is 18.3 Å². The number of aliphatic hydroxyl groups excluding tert-OH is 1. The van der Waals surface area contributed by atoms with Gasteiger partial charge in [-0.15, -0.1) is 0 Å². The molecule has 2 atom stereocenters. The van der Waals surface area contributed by atoms with Crippen molar-refractivity contribution in [3.8, 4) is 11.5 Å². The molecule has 0 aromatic heterocycles. The molecular formula is C26H36N4O5S. The zero-order valence-corrected chi connectivity index (χ0v) is 21.5. The fraction of sp³-hybridized carbons (Fsp3) is 0.500. The Kier molecular flexibility index (Phi) is 8.71.